The Balaban J connectivity index is 1.50. The smallest absolute Gasteiger partial charge is 0.305 e. The van der Waals surface area contributed by atoms with E-state index in [0.29, 0.717) is 11.6 Å². The molecule has 1 aromatic heterocycles. The number of nitrogens with one attached hydrogen (secondary N) is 1. The van der Waals surface area contributed by atoms with E-state index in [1.54, 1.807) is 6.07 Å². The van der Waals surface area contributed by atoms with Gasteiger partial charge >= 0.3 is 5.97 Å². The zero-order valence-corrected chi connectivity index (χ0v) is 23.8. The largest absolute Gasteiger partial charge is 0.492 e. The van der Waals surface area contributed by atoms with Gasteiger partial charge in [0.15, 0.2) is 0 Å². The number of aryl methyl sites for hydroxylation is 2. The first-order valence-corrected chi connectivity index (χ1v) is 14.8. The number of amides is 1. The van der Waals surface area contributed by atoms with E-state index in [4.69, 9.17) is 27.9 Å². The molecule has 0 saturated heterocycles. The normalized spacial score (nSPS) is 13.6. The van der Waals surface area contributed by atoms with Gasteiger partial charge in [-0.2, -0.15) is 4.31 Å². The Morgan fingerprint density at radius 2 is 1.82 bits per heavy atom. The number of rotatable bonds is 13. The van der Waals surface area contributed by atoms with Crippen molar-refractivity contribution in [1.29, 1.82) is 0 Å². The SMILES string of the molecule is O=C(O)CC(Cc1ncccn1)NC(=O)CN(CCOc1ccc2c(c1)CCC2)S(=O)(=O)c1ccc(Cl)cc1Cl. The van der Waals surface area contributed by atoms with Crippen LogP contribution >= 0.6 is 23.2 Å². The number of nitrogens with zero attached hydrogens (tertiary/aromatic N) is 3. The van der Waals surface area contributed by atoms with Crippen LogP contribution < -0.4 is 10.1 Å². The molecule has 0 saturated carbocycles. The van der Waals surface area contributed by atoms with E-state index in [1.807, 2.05) is 18.2 Å². The number of benzene rings is 2. The van der Waals surface area contributed by atoms with Gasteiger partial charge < -0.3 is 15.2 Å². The van der Waals surface area contributed by atoms with Gasteiger partial charge in [-0.1, -0.05) is 29.3 Å². The third kappa shape index (κ3) is 7.91. The van der Waals surface area contributed by atoms with Gasteiger partial charge in [-0.25, -0.2) is 18.4 Å². The Hall–Kier alpha value is -3.25. The lowest BCUT2D eigenvalue weighted by molar-refractivity contribution is -0.137. The minimum absolute atomic E-state index is 0.0348. The molecule has 1 aliphatic rings. The summed E-state index contributed by atoms with van der Waals surface area (Å²) in [6.45, 7) is -0.801. The number of carbonyl (C=O) groups excluding carboxylic acids is 1. The number of sulfonamides is 1. The van der Waals surface area contributed by atoms with Crippen molar-refractivity contribution < 1.29 is 27.9 Å². The zero-order chi connectivity index (χ0) is 28.7. The predicted molar refractivity (Wildman–Crippen MR) is 149 cm³/mol. The van der Waals surface area contributed by atoms with Crippen LogP contribution in [-0.4, -0.2) is 65.4 Å². The molecule has 0 fully saturated rings. The molecule has 2 N–H and O–H groups in total. The number of carbonyl (C=O) groups is 2. The number of ether oxygens (including phenoxy) is 1. The molecule has 0 spiro atoms. The van der Waals surface area contributed by atoms with Crippen molar-refractivity contribution in [2.24, 2.45) is 0 Å². The molecular formula is C27H28Cl2N4O6S. The summed E-state index contributed by atoms with van der Waals surface area (Å²) >= 11 is 12.2. The average Bonchev–Trinajstić information content (AvgIpc) is 3.36. The van der Waals surface area contributed by atoms with Crippen LogP contribution in [0.25, 0.3) is 0 Å². The van der Waals surface area contributed by atoms with Crippen LogP contribution in [0.5, 0.6) is 5.75 Å². The third-order valence-corrected chi connectivity index (χ3v) is 8.91. The van der Waals surface area contributed by atoms with Gasteiger partial charge in [0.2, 0.25) is 15.9 Å². The quantitative estimate of drug-likeness (QED) is 0.301. The Labute approximate surface area is 242 Å². The fourth-order valence-corrected chi connectivity index (χ4v) is 6.61. The van der Waals surface area contributed by atoms with Gasteiger partial charge in [-0.15, -0.1) is 0 Å². The Bertz CT molecular complexity index is 1470. The molecule has 0 radical (unpaired) electrons. The van der Waals surface area contributed by atoms with Gasteiger partial charge in [0.05, 0.1) is 18.0 Å². The van der Waals surface area contributed by atoms with Crippen molar-refractivity contribution in [2.45, 2.75) is 43.0 Å². The fraction of sp³-hybridized carbons (Fsp3) is 0.333. The molecule has 4 rings (SSSR count). The summed E-state index contributed by atoms with van der Waals surface area (Å²) in [4.78, 5) is 32.4. The summed E-state index contributed by atoms with van der Waals surface area (Å²) in [5.74, 6) is -0.889. The Kier molecular flexibility index (Phi) is 9.96. The molecule has 1 heterocycles. The highest BCUT2D eigenvalue weighted by molar-refractivity contribution is 7.89. The van der Waals surface area contributed by atoms with Crippen molar-refractivity contribution in [3.05, 3.63) is 81.9 Å². The highest BCUT2D eigenvalue weighted by Gasteiger charge is 2.30. The molecule has 2 aromatic carbocycles. The van der Waals surface area contributed by atoms with E-state index in [-0.39, 0.29) is 34.5 Å². The molecule has 1 atom stereocenters. The van der Waals surface area contributed by atoms with Crippen molar-refractivity contribution in [3.63, 3.8) is 0 Å². The summed E-state index contributed by atoms with van der Waals surface area (Å²) in [7, 11) is -4.26. The summed E-state index contributed by atoms with van der Waals surface area (Å²) in [6, 6.07) is 10.5. The lowest BCUT2D eigenvalue weighted by Crippen LogP contribution is -2.46. The molecule has 10 nitrogen and oxygen atoms in total. The molecule has 13 heteroatoms. The lowest BCUT2D eigenvalue weighted by atomic mass is 10.1. The number of hydrogen-bond acceptors (Lipinski definition) is 7. The van der Waals surface area contributed by atoms with Crippen molar-refractivity contribution in [1.82, 2.24) is 19.6 Å². The van der Waals surface area contributed by atoms with E-state index in [1.165, 1.54) is 41.7 Å². The molecule has 1 amide bonds. The van der Waals surface area contributed by atoms with Crippen molar-refractivity contribution in [3.8, 4) is 5.75 Å². The molecule has 212 valence electrons. The van der Waals surface area contributed by atoms with Gasteiger partial charge in [0, 0.05) is 36.4 Å². The van der Waals surface area contributed by atoms with Crippen LogP contribution in [0, 0.1) is 0 Å². The molecule has 3 aromatic rings. The average molecular weight is 608 g/mol. The van der Waals surface area contributed by atoms with E-state index in [9.17, 15) is 23.1 Å². The fourth-order valence-electron chi connectivity index (χ4n) is 4.49. The highest BCUT2D eigenvalue weighted by Crippen LogP contribution is 2.28. The standard InChI is InChI=1S/C27H28Cl2N4O6S/c28-20-6-8-24(23(29)14-20)40(37,38)33(11-12-39-22-7-5-18-3-1-4-19(18)13-22)17-26(34)32-21(16-27(35)36)15-25-30-9-2-10-31-25/h2,5-10,13-14,21H,1,3-4,11-12,15-17H2,(H,32,34)(H,35,36). The topological polar surface area (TPSA) is 139 Å². The summed E-state index contributed by atoms with van der Waals surface area (Å²) in [5.41, 5.74) is 2.49. The molecule has 1 unspecified atom stereocenters. The molecule has 0 aliphatic heterocycles. The molecular weight excluding hydrogens is 579 g/mol. The first-order chi connectivity index (χ1) is 19.1. The first kappa shape index (κ1) is 29.7. The summed E-state index contributed by atoms with van der Waals surface area (Å²) < 4.78 is 34.0. The van der Waals surface area contributed by atoms with Crippen molar-refractivity contribution in [2.75, 3.05) is 19.7 Å². The van der Waals surface area contributed by atoms with Crippen LogP contribution in [-0.2, 0) is 38.9 Å². The Morgan fingerprint density at radius 3 is 2.55 bits per heavy atom. The van der Waals surface area contributed by atoms with Gasteiger partial charge in [-0.3, -0.25) is 9.59 Å². The van der Waals surface area contributed by atoms with Crippen LogP contribution in [0.4, 0.5) is 0 Å². The number of carboxylic acid groups (broad SMARTS) is 1. The lowest BCUT2D eigenvalue weighted by Gasteiger charge is -2.24. The third-order valence-electron chi connectivity index (χ3n) is 6.35. The number of aromatic nitrogens is 2. The zero-order valence-electron chi connectivity index (χ0n) is 21.4. The maximum atomic E-state index is 13.6. The van der Waals surface area contributed by atoms with E-state index in [0.717, 1.165) is 23.6 Å². The number of aliphatic carboxylic acids is 1. The van der Waals surface area contributed by atoms with Crippen LogP contribution in [0.1, 0.15) is 29.8 Å². The van der Waals surface area contributed by atoms with Crippen molar-refractivity contribution >= 4 is 45.1 Å². The number of carboxylic acids is 1. The second-order valence-electron chi connectivity index (χ2n) is 9.28. The maximum Gasteiger partial charge on any atom is 0.305 e. The van der Waals surface area contributed by atoms with Crippen LogP contribution in [0.3, 0.4) is 0 Å². The second kappa shape index (κ2) is 13.4. The van der Waals surface area contributed by atoms with E-state index < -0.39 is 40.9 Å². The van der Waals surface area contributed by atoms with Gasteiger partial charge in [-0.05, 0) is 66.8 Å². The minimum atomic E-state index is -4.26. The monoisotopic (exact) mass is 606 g/mol. The summed E-state index contributed by atoms with van der Waals surface area (Å²) in [6.07, 6.45) is 5.74. The number of fused-ring (bicyclic) bond motifs is 1. The minimum Gasteiger partial charge on any atom is -0.492 e. The number of halogens is 2. The first-order valence-electron chi connectivity index (χ1n) is 12.6. The second-order valence-corrected chi connectivity index (χ2v) is 12.0. The molecule has 0 bridgehead atoms. The van der Waals surface area contributed by atoms with Gasteiger partial charge in [0.25, 0.3) is 0 Å². The summed E-state index contributed by atoms with van der Waals surface area (Å²) in [5, 5.41) is 12.1. The van der Waals surface area contributed by atoms with E-state index in [2.05, 4.69) is 15.3 Å². The molecule has 1 aliphatic carbocycles. The van der Waals surface area contributed by atoms with Gasteiger partial charge in [0.1, 0.15) is 23.1 Å². The Morgan fingerprint density at radius 1 is 1.07 bits per heavy atom. The van der Waals surface area contributed by atoms with Crippen LogP contribution in [0.15, 0.2) is 59.8 Å². The maximum absolute atomic E-state index is 13.6. The highest BCUT2D eigenvalue weighted by atomic mass is 35.5. The molecule has 40 heavy (non-hydrogen) atoms. The van der Waals surface area contributed by atoms with Crippen LogP contribution in [0.2, 0.25) is 10.0 Å². The number of hydrogen-bond donors (Lipinski definition) is 2. The predicted octanol–water partition coefficient (Wildman–Crippen LogP) is 3.54. The van der Waals surface area contributed by atoms with E-state index >= 15 is 0 Å².